The largest absolute Gasteiger partial charge is 0.452 e. The van der Waals surface area contributed by atoms with Crippen LogP contribution in [0.15, 0.2) is 54.1 Å². The molecule has 21 heavy (non-hydrogen) atoms. The average Bonchev–Trinajstić information content (AvgIpc) is 2.44. The Morgan fingerprint density at radius 2 is 1.81 bits per heavy atom. The van der Waals surface area contributed by atoms with Crippen molar-refractivity contribution < 1.29 is 14.3 Å². The maximum absolute atomic E-state index is 11.7. The highest BCUT2D eigenvalue weighted by atomic mass is 16.5. The van der Waals surface area contributed by atoms with Gasteiger partial charge in [-0.1, -0.05) is 35.9 Å². The zero-order valence-corrected chi connectivity index (χ0v) is 12.1. The van der Waals surface area contributed by atoms with Crippen molar-refractivity contribution in [3.05, 3.63) is 54.1 Å². The van der Waals surface area contributed by atoms with E-state index in [4.69, 9.17) is 4.74 Å². The highest BCUT2D eigenvalue weighted by Gasteiger charge is 2.06. The second-order valence-electron chi connectivity index (χ2n) is 4.94. The molecule has 0 unspecified atom stereocenters. The Kier molecular flexibility index (Phi) is 4.72. The molecule has 2 aromatic rings. The van der Waals surface area contributed by atoms with E-state index in [2.05, 4.69) is 5.32 Å². The van der Waals surface area contributed by atoms with Crippen molar-refractivity contribution in [2.45, 2.75) is 13.8 Å². The van der Waals surface area contributed by atoms with Gasteiger partial charge in [0.15, 0.2) is 6.61 Å². The van der Waals surface area contributed by atoms with Crippen molar-refractivity contribution in [2.75, 3.05) is 11.9 Å². The van der Waals surface area contributed by atoms with Gasteiger partial charge in [-0.15, -0.1) is 0 Å². The SMILES string of the molecule is CC(C)=CC(=O)OCC(=O)Nc1ccc2ccccc2c1. The van der Waals surface area contributed by atoms with E-state index < -0.39 is 5.97 Å². The number of fused-ring (bicyclic) bond motifs is 1. The number of carbonyl (C=O) groups excluding carboxylic acids is 2. The summed E-state index contributed by atoms with van der Waals surface area (Å²) in [6.45, 7) is 3.28. The number of ether oxygens (including phenoxy) is 1. The van der Waals surface area contributed by atoms with Crippen LogP contribution in [0.4, 0.5) is 5.69 Å². The summed E-state index contributed by atoms with van der Waals surface area (Å²) in [5.74, 6) is -0.871. The van der Waals surface area contributed by atoms with Crippen LogP contribution in [0.3, 0.4) is 0 Å². The molecule has 0 radical (unpaired) electrons. The molecule has 4 nitrogen and oxygen atoms in total. The Morgan fingerprint density at radius 3 is 2.52 bits per heavy atom. The molecule has 0 aromatic heterocycles. The van der Waals surface area contributed by atoms with Crippen LogP contribution < -0.4 is 5.32 Å². The van der Waals surface area contributed by atoms with Gasteiger partial charge in [-0.05, 0) is 36.8 Å². The topological polar surface area (TPSA) is 55.4 Å². The summed E-state index contributed by atoms with van der Waals surface area (Å²) in [4.78, 5) is 23.0. The molecule has 1 amide bonds. The summed E-state index contributed by atoms with van der Waals surface area (Å²) in [6, 6.07) is 13.5. The van der Waals surface area contributed by atoms with Crippen LogP contribution >= 0.6 is 0 Å². The molecule has 0 bridgehead atoms. The van der Waals surface area contributed by atoms with Crippen molar-refractivity contribution in [1.29, 1.82) is 0 Å². The zero-order valence-electron chi connectivity index (χ0n) is 12.1. The number of hydrogen-bond acceptors (Lipinski definition) is 3. The standard InChI is InChI=1S/C17H17NO3/c1-12(2)9-17(20)21-11-16(19)18-15-8-7-13-5-3-4-6-14(13)10-15/h3-10H,11H2,1-2H3,(H,18,19). The number of hydrogen-bond donors (Lipinski definition) is 1. The summed E-state index contributed by atoms with van der Waals surface area (Å²) in [5, 5.41) is 4.85. The van der Waals surface area contributed by atoms with Gasteiger partial charge in [-0.2, -0.15) is 0 Å². The van der Waals surface area contributed by atoms with E-state index in [1.54, 1.807) is 13.8 Å². The number of allylic oxidation sites excluding steroid dienone is 1. The summed E-state index contributed by atoms with van der Waals surface area (Å²) >= 11 is 0. The molecule has 2 aromatic carbocycles. The fourth-order valence-electron chi connectivity index (χ4n) is 1.88. The molecule has 2 rings (SSSR count). The molecular weight excluding hydrogens is 266 g/mol. The Labute approximate surface area is 123 Å². The molecule has 0 aliphatic carbocycles. The first kappa shape index (κ1) is 14.8. The maximum atomic E-state index is 11.7. The van der Waals surface area contributed by atoms with Crippen LogP contribution in [0, 0.1) is 0 Å². The Morgan fingerprint density at radius 1 is 1.10 bits per heavy atom. The highest BCUT2D eigenvalue weighted by molar-refractivity contribution is 5.96. The van der Waals surface area contributed by atoms with Gasteiger partial charge in [-0.3, -0.25) is 4.79 Å². The molecule has 0 fully saturated rings. The van der Waals surface area contributed by atoms with Crippen molar-refractivity contribution in [3.63, 3.8) is 0 Å². The lowest BCUT2D eigenvalue weighted by atomic mass is 10.1. The van der Waals surface area contributed by atoms with Crippen molar-refractivity contribution in [2.24, 2.45) is 0 Å². The molecule has 0 atom stereocenters. The molecule has 4 heteroatoms. The Hall–Kier alpha value is -2.62. The molecule has 0 saturated heterocycles. The van der Waals surface area contributed by atoms with E-state index in [9.17, 15) is 9.59 Å². The minimum absolute atomic E-state index is 0.296. The number of benzene rings is 2. The lowest BCUT2D eigenvalue weighted by molar-refractivity contribution is -0.142. The van der Waals surface area contributed by atoms with Crippen molar-refractivity contribution >= 4 is 28.3 Å². The van der Waals surface area contributed by atoms with Gasteiger partial charge >= 0.3 is 5.97 Å². The number of carbonyl (C=O) groups is 2. The van der Waals surface area contributed by atoms with Crippen LogP contribution in [0.1, 0.15) is 13.8 Å². The normalized spacial score (nSPS) is 10.0. The molecular formula is C17H17NO3. The minimum atomic E-state index is -0.510. The van der Waals surface area contributed by atoms with E-state index >= 15 is 0 Å². The predicted molar refractivity (Wildman–Crippen MR) is 83.0 cm³/mol. The molecule has 0 heterocycles. The second kappa shape index (κ2) is 6.70. The number of anilines is 1. The Bertz CT molecular complexity index is 700. The van der Waals surface area contributed by atoms with E-state index in [0.717, 1.165) is 16.3 Å². The quantitative estimate of drug-likeness (QED) is 0.692. The van der Waals surface area contributed by atoms with Crippen LogP contribution in [0.25, 0.3) is 10.8 Å². The summed E-state index contributed by atoms with van der Waals surface area (Å²) < 4.78 is 4.85. The first-order chi connectivity index (χ1) is 10.0. The first-order valence-corrected chi connectivity index (χ1v) is 6.65. The fraction of sp³-hybridized carbons (Fsp3) is 0.176. The summed E-state index contributed by atoms with van der Waals surface area (Å²) in [7, 11) is 0. The maximum Gasteiger partial charge on any atom is 0.331 e. The Balaban J connectivity index is 1.95. The van der Waals surface area contributed by atoms with Gasteiger partial charge in [0.05, 0.1) is 0 Å². The monoisotopic (exact) mass is 283 g/mol. The smallest absolute Gasteiger partial charge is 0.331 e. The third kappa shape index (κ3) is 4.45. The fourth-order valence-corrected chi connectivity index (χ4v) is 1.88. The molecule has 1 N–H and O–H groups in total. The van der Waals surface area contributed by atoms with E-state index in [0.29, 0.717) is 5.69 Å². The van der Waals surface area contributed by atoms with Crippen LogP contribution in [0.2, 0.25) is 0 Å². The number of nitrogens with one attached hydrogen (secondary N) is 1. The van der Waals surface area contributed by atoms with Gasteiger partial charge in [-0.25, -0.2) is 4.79 Å². The molecule has 108 valence electrons. The summed E-state index contributed by atoms with van der Waals surface area (Å²) in [6.07, 6.45) is 1.35. The molecule has 0 aliphatic heterocycles. The number of amides is 1. The van der Waals surface area contributed by atoms with Crippen LogP contribution in [-0.4, -0.2) is 18.5 Å². The molecule has 0 spiro atoms. The minimum Gasteiger partial charge on any atom is -0.452 e. The van der Waals surface area contributed by atoms with Crippen molar-refractivity contribution in [3.8, 4) is 0 Å². The number of esters is 1. The number of rotatable bonds is 4. The van der Waals surface area contributed by atoms with E-state index in [1.807, 2.05) is 42.5 Å². The van der Waals surface area contributed by atoms with Crippen LogP contribution in [-0.2, 0) is 14.3 Å². The zero-order chi connectivity index (χ0) is 15.2. The van der Waals surface area contributed by atoms with Gasteiger partial charge in [0.2, 0.25) is 0 Å². The van der Waals surface area contributed by atoms with Crippen molar-refractivity contribution in [1.82, 2.24) is 0 Å². The summed E-state index contributed by atoms with van der Waals surface area (Å²) in [5.41, 5.74) is 1.51. The van der Waals surface area contributed by atoms with Gasteiger partial charge in [0.1, 0.15) is 0 Å². The van der Waals surface area contributed by atoms with Gasteiger partial charge < -0.3 is 10.1 Å². The first-order valence-electron chi connectivity index (χ1n) is 6.65. The van der Waals surface area contributed by atoms with E-state index in [1.165, 1.54) is 6.08 Å². The average molecular weight is 283 g/mol. The van der Waals surface area contributed by atoms with Gasteiger partial charge in [0, 0.05) is 11.8 Å². The third-order valence-corrected chi connectivity index (χ3v) is 2.79. The lowest BCUT2D eigenvalue weighted by Gasteiger charge is -2.07. The highest BCUT2D eigenvalue weighted by Crippen LogP contribution is 2.18. The van der Waals surface area contributed by atoms with Crippen LogP contribution in [0.5, 0.6) is 0 Å². The third-order valence-electron chi connectivity index (χ3n) is 2.79. The molecule has 0 saturated carbocycles. The van der Waals surface area contributed by atoms with Gasteiger partial charge in [0.25, 0.3) is 5.91 Å². The van der Waals surface area contributed by atoms with E-state index in [-0.39, 0.29) is 12.5 Å². The predicted octanol–water partition coefficient (Wildman–Crippen LogP) is 3.29. The second-order valence-corrected chi connectivity index (χ2v) is 4.94. The molecule has 0 aliphatic rings. The lowest BCUT2D eigenvalue weighted by Crippen LogP contribution is -2.20.